The monoisotopic (exact) mass is 376 g/mol. The van der Waals surface area contributed by atoms with Crippen molar-refractivity contribution in [2.75, 3.05) is 12.9 Å². The molecule has 2 rings (SSSR count). The smallest absolute Gasteiger partial charge is 0.154 e. The fourth-order valence-electron chi connectivity index (χ4n) is 2.48. The average molecular weight is 377 g/mol. The van der Waals surface area contributed by atoms with Crippen molar-refractivity contribution in [3.8, 4) is 5.75 Å². The zero-order valence-corrected chi connectivity index (χ0v) is 14.8. The molecule has 3 N–H and O–H groups in total. The number of hydrazine groups is 1. The van der Waals surface area contributed by atoms with E-state index in [4.69, 9.17) is 10.6 Å². The molecule has 0 radical (unpaired) electrons. The van der Waals surface area contributed by atoms with Gasteiger partial charge in [0.2, 0.25) is 0 Å². The number of benzene rings is 1. The first kappa shape index (κ1) is 16.7. The Morgan fingerprint density at radius 3 is 2.71 bits per heavy atom. The van der Waals surface area contributed by atoms with Gasteiger partial charge in [-0.05, 0) is 43.5 Å². The van der Waals surface area contributed by atoms with Crippen LogP contribution < -0.4 is 16.0 Å². The Labute approximate surface area is 134 Å². The van der Waals surface area contributed by atoms with Gasteiger partial charge < -0.3 is 4.74 Å². The Morgan fingerprint density at radius 1 is 1.48 bits per heavy atom. The summed E-state index contributed by atoms with van der Waals surface area (Å²) in [5.74, 6) is 6.48. The van der Waals surface area contributed by atoms with Crippen molar-refractivity contribution in [1.29, 1.82) is 0 Å². The Balaban J connectivity index is 2.37. The van der Waals surface area contributed by atoms with Gasteiger partial charge in [0, 0.05) is 23.2 Å². The van der Waals surface area contributed by atoms with Crippen molar-refractivity contribution in [3.63, 3.8) is 0 Å². The first-order valence-corrected chi connectivity index (χ1v) is 9.45. The molecule has 0 spiro atoms. The summed E-state index contributed by atoms with van der Waals surface area (Å²) in [6.45, 7) is 4.03. The molecule has 1 aromatic rings. The molecule has 0 amide bonds. The minimum absolute atomic E-state index is 0.407. The fraction of sp³-hybridized carbons (Fsp3) is 0.571. The van der Waals surface area contributed by atoms with Gasteiger partial charge in [0.05, 0.1) is 11.4 Å². The van der Waals surface area contributed by atoms with Gasteiger partial charge in [-0.1, -0.05) is 15.9 Å². The maximum absolute atomic E-state index is 12.0. The van der Waals surface area contributed by atoms with E-state index in [0.717, 1.165) is 27.8 Å². The van der Waals surface area contributed by atoms with Crippen molar-refractivity contribution in [1.82, 2.24) is 5.43 Å². The molecule has 21 heavy (non-hydrogen) atoms. The summed E-state index contributed by atoms with van der Waals surface area (Å²) in [5, 5.41) is 0. The second kappa shape index (κ2) is 5.87. The van der Waals surface area contributed by atoms with Crippen LogP contribution in [0.4, 0.5) is 0 Å². The number of hydrogen-bond acceptors (Lipinski definition) is 5. The van der Waals surface area contributed by atoms with Gasteiger partial charge in [0.1, 0.15) is 5.75 Å². The molecule has 1 unspecified atom stereocenters. The minimum atomic E-state index is -3.25. The number of ether oxygens (including phenoxy) is 1. The molecule has 1 aromatic carbocycles. The van der Waals surface area contributed by atoms with Crippen LogP contribution >= 0.6 is 15.9 Å². The van der Waals surface area contributed by atoms with Crippen molar-refractivity contribution < 1.29 is 13.2 Å². The molecule has 118 valence electrons. The molecule has 0 aromatic heterocycles. The lowest BCUT2D eigenvalue weighted by atomic mass is 9.94. The van der Waals surface area contributed by atoms with E-state index in [1.165, 1.54) is 6.26 Å². The average Bonchev–Trinajstić information content (AvgIpc) is 2.81. The lowest BCUT2D eigenvalue weighted by Crippen LogP contribution is -2.55. The lowest BCUT2D eigenvalue weighted by molar-refractivity contribution is 0.348. The van der Waals surface area contributed by atoms with Gasteiger partial charge in [0.25, 0.3) is 0 Å². The highest BCUT2D eigenvalue weighted by atomic mass is 79.9. The quantitative estimate of drug-likeness (QED) is 0.602. The summed E-state index contributed by atoms with van der Waals surface area (Å²) in [4.78, 5) is 0. The third kappa shape index (κ3) is 3.26. The van der Waals surface area contributed by atoms with E-state index in [-0.39, 0.29) is 0 Å². The molecule has 0 saturated heterocycles. The molecular weight excluding hydrogens is 356 g/mol. The van der Waals surface area contributed by atoms with Crippen LogP contribution in [0.3, 0.4) is 0 Å². The molecule has 1 heterocycles. The SMILES string of the molecule is CC(C)(C(Cc1cc(Br)cc2c1OCC2)NN)S(C)(=O)=O. The fourth-order valence-corrected chi connectivity index (χ4v) is 3.70. The summed E-state index contributed by atoms with van der Waals surface area (Å²) in [6, 6.07) is 3.60. The summed E-state index contributed by atoms with van der Waals surface area (Å²) in [5.41, 5.74) is 4.77. The van der Waals surface area contributed by atoms with Crippen molar-refractivity contribution in [2.24, 2.45) is 5.84 Å². The third-order valence-corrected chi connectivity index (χ3v) is 6.90. The Bertz CT molecular complexity index is 644. The number of fused-ring (bicyclic) bond motifs is 1. The van der Waals surface area contributed by atoms with Crippen molar-refractivity contribution in [3.05, 3.63) is 27.7 Å². The first-order chi connectivity index (χ1) is 9.66. The van der Waals surface area contributed by atoms with Gasteiger partial charge in [-0.15, -0.1) is 0 Å². The number of sulfone groups is 1. The second-order valence-electron chi connectivity index (χ2n) is 5.95. The Hall–Kier alpha value is -0.630. The topological polar surface area (TPSA) is 81.4 Å². The van der Waals surface area contributed by atoms with Crippen LogP contribution in [0, 0.1) is 0 Å². The number of rotatable bonds is 5. The molecular formula is C14H21BrN2O3S. The maximum atomic E-state index is 12.0. The Morgan fingerprint density at radius 2 is 2.14 bits per heavy atom. The van der Waals surface area contributed by atoms with Crippen LogP contribution in [0.1, 0.15) is 25.0 Å². The zero-order chi connectivity index (χ0) is 15.8. The highest BCUT2D eigenvalue weighted by Gasteiger charge is 2.39. The van der Waals surface area contributed by atoms with Gasteiger partial charge in [-0.3, -0.25) is 11.3 Å². The van der Waals surface area contributed by atoms with Crippen LogP contribution in [0.2, 0.25) is 0 Å². The van der Waals surface area contributed by atoms with Crippen LogP contribution in [-0.4, -0.2) is 32.1 Å². The zero-order valence-electron chi connectivity index (χ0n) is 12.4. The summed E-state index contributed by atoms with van der Waals surface area (Å²) >= 11 is 3.49. The number of hydrogen-bond donors (Lipinski definition) is 2. The van der Waals surface area contributed by atoms with E-state index in [1.54, 1.807) is 13.8 Å². The van der Waals surface area contributed by atoms with Gasteiger partial charge >= 0.3 is 0 Å². The molecule has 0 aliphatic carbocycles. The maximum Gasteiger partial charge on any atom is 0.154 e. The van der Waals surface area contributed by atoms with E-state index in [2.05, 4.69) is 21.4 Å². The van der Waals surface area contributed by atoms with E-state index in [9.17, 15) is 8.42 Å². The van der Waals surface area contributed by atoms with Crippen LogP contribution in [-0.2, 0) is 22.7 Å². The summed E-state index contributed by atoms with van der Waals surface area (Å²) in [7, 11) is -3.25. The van der Waals surface area contributed by atoms with E-state index in [0.29, 0.717) is 13.0 Å². The lowest BCUT2D eigenvalue weighted by Gasteiger charge is -2.32. The van der Waals surface area contributed by atoms with Gasteiger partial charge in [-0.2, -0.15) is 0 Å². The highest BCUT2D eigenvalue weighted by Crippen LogP contribution is 2.35. The minimum Gasteiger partial charge on any atom is -0.493 e. The van der Waals surface area contributed by atoms with E-state index < -0.39 is 20.6 Å². The molecule has 0 saturated carbocycles. The largest absolute Gasteiger partial charge is 0.493 e. The molecule has 0 fully saturated rings. The molecule has 1 aliphatic rings. The van der Waals surface area contributed by atoms with Gasteiger partial charge in [0.15, 0.2) is 9.84 Å². The summed E-state index contributed by atoms with van der Waals surface area (Å²) < 4.78 is 29.7. The molecule has 0 bridgehead atoms. The molecule has 5 nitrogen and oxygen atoms in total. The van der Waals surface area contributed by atoms with Gasteiger partial charge in [-0.25, -0.2) is 8.42 Å². The number of halogens is 1. The summed E-state index contributed by atoms with van der Waals surface area (Å²) in [6.07, 6.45) is 2.59. The van der Waals surface area contributed by atoms with E-state index in [1.807, 2.05) is 12.1 Å². The Kier molecular flexibility index (Phi) is 4.68. The highest BCUT2D eigenvalue weighted by molar-refractivity contribution is 9.10. The normalized spacial score (nSPS) is 16.4. The van der Waals surface area contributed by atoms with Crippen LogP contribution in [0.15, 0.2) is 16.6 Å². The molecule has 1 aliphatic heterocycles. The first-order valence-electron chi connectivity index (χ1n) is 6.76. The molecule has 7 heteroatoms. The van der Waals surface area contributed by atoms with E-state index >= 15 is 0 Å². The predicted octanol–water partition coefficient (Wildman–Crippen LogP) is 1.58. The van der Waals surface area contributed by atoms with Crippen LogP contribution in [0.5, 0.6) is 5.75 Å². The predicted molar refractivity (Wildman–Crippen MR) is 87.1 cm³/mol. The third-order valence-electron chi connectivity index (χ3n) is 4.25. The second-order valence-corrected chi connectivity index (χ2v) is 9.46. The molecule has 1 atom stereocenters. The van der Waals surface area contributed by atoms with Crippen molar-refractivity contribution >= 4 is 25.8 Å². The van der Waals surface area contributed by atoms with Crippen LogP contribution in [0.25, 0.3) is 0 Å². The number of nitrogens with two attached hydrogens (primary N) is 1. The van der Waals surface area contributed by atoms with Crippen molar-refractivity contribution in [2.45, 2.75) is 37.5 Å². The number of nitrogens with one attached hydrogen (secondary N) is 1. The standard InChI is InChI=1S/C14H21BrN2O3S/c1-14(2,21(3,18)19)12(17-16)8-10-7-11(15)6-9-4-5-20-13(9)10/h6-7,12,17H,4-5,8,16H2,1-3H3.